The molecule has 9 heteroatoms. The van der Waals surface area contributed by atoms with Gasteiger partial charge in [-0.3, -0.25) is 19.2 Å². The standard InChI is InChI=1S/C24H22N6OS2/c1-2-14-29(23-26-20(15-32-23)17-6-4-3-5-7-17)21(31)16-33-24-28-27-22(30(24)19-8-9-19)18-10-12-25-13-11-18/h2-7,10-13,15,19H,1,8-9,14,16H2. The number of nitrogens with zero attached hydrogens (tertiary/aromatic N) is 6. The van der Waals surface area contributed by atoms with E-state index in [2.05, 4.69) is 26.3 Å². The molecule has 1 amide bonds. The van der Waals surface area contributed by atoms with Crippen LogP contribution in [0, 0.1) is 0 Å². The predicted octanol–water partition coefficient (Wildman–Crippen LogP) is 5.11. The van der Waals surface area contributed by atoms with Crippen LogP contribution in [0.1, 0.15) is 18.9 Å². The average Bonchev–Trinajstić information content (AvgIpc) is 3.42. The molecule has 0 atom stereocenters. The van der Waals surface area contributed by atoms with E-state index in [1.54, 1.807) is 23.4 Å². The van der Waals surface area contributed by atoms with Crippen LogP contribution in [0.15, 0.2) is 78.0 Å². The van der Waals surface area contributed by atoms with E-state index in [0.29, 0.717) is 17.7 Å². The first-order chi connectivity index (χ1) is 16.2. The molecule has 0 spiro atoms. The summed E-state index contributed by atoms with van der Waals surface area (Å²) in [5.41, 5.74) is 2.87. The minimum atomic E-state index is -0.0373. The highest BCUT2D eigenvalue weighted by atomic mass is 32.2. The zero-order chi connectivity index (χ0) is 22.6. The number of aromatic nitrogens is 5. The Morgan fingerprint density at radius 1 is 1.15 bits per heavy atom. The number of rotatable bonds is 9. The zero-order valence-electron chi connectivity index (χ0n) is 17.9. The van der Waals surface area contributed by atoms with Crippen molar-refractivity contribution in [2.24, 2.45) is 0 Å². The lowest BCUT2D eigenvalue weighted by Gasteiger charge is -2.18. The van der Waals surface area contributed by atoms with Crippen LogP contribution in [0.3, 0.4) is 0 Å². The molecular formula is C24H22N6OS2. The monoisotopic (exact) mass is 474 g/mol. The summed E-state index contributed by atoms with van der Waals surface area (Å²) in [5, 5.41) is 12.2. The highest BCUT2D eigenvalue weighted by molar-refractivity contribution is 7.99. The molecule has 0 radical (unpaired) electrons. The summed E-state index contributed by atoms with van der Waals surface area (Å²) in [5.74, 6) is 1.03. The molecule has 0 unspecified atom stereocenters. The van der Waals surface area contributed by atoms with Gasteiger partial charge in [-0.05, 0) is 25.0 Å². The number of thioether (sulfide) groups is 1. The second kappa shape index (κ2) is 9.68. The first-order valence-electron chi connectivity index (χ1n) is 10.6. The molecule has 3 heterocycles. The Morgan fingerprint density at radius 3 is 2.67 bits per heavy atom. The van der Waals surface area contributed by atoms with Crippen LogP contribution in [-0.2, 0) is 4.79 Å². The molecule has 4 aromatic rings. The van der Waals surface area contributed by atoms with Gasteiger partial charge in [0, 0.05) is 41.5 Å². The average molecular weight is 475 g/mol. The van der Waals surface area contributed by atoms with E-state index < -0.39 is 0 Å². The van der Waals surface area contributed by atoms with Crippen molar-refractivity contribution in [3.8, 4) is 22.6 Å². The van der Waals surface area contributed by atoms with Crippen LogP contribution in [-0.4, -0.2) is 42.9 Å². The van der Waals surface area contributed by atoms with E-state index in [1.807, 2.05) is 47.8 Å². The van der Waals surface area contributed by atoms with Crippen LogP contribution in [0.25, 0.3) is 22.6 Å². The van der Waals surface area contributed by atoms with Crippen molar-refractivity contribution >= 4 is 34.1 Å². The number of amides is 1. The lowest BCUT2D eigenvalue weighted by atomic mass is 10.2. The zero-order valence-corrected chi connectivity index (χ0v) is 19.5. The summed E-state index contributed by atoms with van der Waals surface area (Å²) < 4.78 is 2.15. The minimum Gasteiger partial charge on any atom is -0.299 e. The Labute approximate surface area is 200 Å². The summed E-state index contributed by atoms with van der Waals surface area (Å²) in [7, 11) is 0. The first kappa shape index (κ1) is 21.5. The van der Waals surface area contributed by atoms with Gasteiger partial charge in [0.2, 0.25) is 5.91 Å². The van der Waals surface area contributed by atoms with Crippen LogP contribution >= 0.6 is 23.1 Å². The van der Waals surface area contributed by atoms with Crippen molar-refractivity contribution in [3.63, 3.8) is 0 Å². The maximum Gasteiger partial charge on any atom is 0.239 e. The SMILES string of the molecule is C=CCN(C(=O)CSc1nnc(-c2ccncc2)n1C1CC1)c1nc(-c2ccccc2)cs1. The number of carbonyl (C=O) groups is 1. The van der Waals surface area contributed by atoms with Gasteiger partial charge in [-0.25, -0.2) is 4.98 Å². The van der Waals surface area contributed by atoms with Gasteiger partial charge in [-0.15, -0.1) is 28.1 Å². The third-order valence-corrected chi connectivity index (χ3v) is 7.04. The first-order valence-corrected chi connectivity index (χ1v) is 12.5. The number of carbonyl (C=O) groups excluding carboxylic acids is 1. The minimum absolute atomic E-state index is 0.0373. The van der Waals surface area contributed by atoms with Gasteiger partial charge in [-0.1, -0.05) is 48.2 Å². The Kier molecular flexibility index (Phi) is 6.32. The van der Waals surface area contributed by atoms with Gasteiger partial charge in [0.1, 0.15) is 0 Å². The topological polar surface area (TPSA) is 76.8 Å². The van der Waals surface area contributed by atoms with Crippen molar-refractivity contribution in [1.29, 1.82) is 0 Å². The fourth-order valence-electron chi connectivity index (χ4n) is 3.48. The van der Waals surface area contributed by atoms with Gasteiger partial charge in [0.05, 0.1) is 11.4 Å². The van der Waals surface area contributed by atoms with Crippen LogP contribution < -0.4 is 4.90 Å². The molecule has 7 nitrogen and oxygen atoms in total. The van der Waals surface area contributed by atoms with Gasteiger partial charge < -0.3 is 0 Å². The van der Waals surface area contributed by atoms with E-state index in [4.69, 9.17) is 4.98 Å². The van der Waals surface area contributed by atoms with Gasteiger partial charge >= 0.3 is 0 Å². The third-order valence-electron chi connectivity index (χ3n) is 5.25. The highest BCUT2D eigenvalue weighted by Crippen LogP contribution is 2.41. The van der Waals surface area contributed by atoms with E-state index in [-0.39, 0.29) is 11.7 Å². The summed E-state index contributed by atoms with van der Waals surface area (Å²) in [4.78, 5) is 23.7. The molecule has 0 bridgehead atoms. The number of hydrogen-bond acceptors (Lipinski definition) is 7. The molecule has 1 aromatic carbocycles. The van der Waals surface area contributed by atoms with E-state index >= 15 is 0 Å². The Balaban J connectivity index is 1.33. The summed E-state index contributed by atoms with van der Waals surface area (Å²) in [6, 6.07) is 14.2. The van der Waals surface area contributed by atoms with E-state index in [0.717, 1.165) is 40.6 Å². The molecule has 1 aliphatic rings. The smallest absolute Gasteiger partial charge is 0.239 e. The molecule has 3 aromatic heterocycles. The van der Waals surface area contributed by atoms with Gasteiger partial charge in [0.15, 0.2) is 16.1 Å². The van der Waals surface area contributed by atoms with Crippen LogP contribution in [0.5, 0.6) is 0 Å². The molecule has 5 rings (SSSR count). The molecule has 33 heavy (non-hydrogen) atoms. The third kappa shape index (κ3) is 4.74. The molecule has 1 aliphatic carbocycles. The molecule has 0 N–H and O–H groups in total. The number of hydrogen-bond donors (Lipinski definition) is 0. The Bertz CT molecular complexity index is 1250. The fourth-order valence-corrected chi connectivity index (χ4v) is 5.23. The predicted molar refractivity (Wildman–Crippen MR) is 132 cm³/mol. The highest BCUT2D eigenvalue weighted by Gasteiger charge is 2.30. The van der Waals surface area contributed by atoms with Gasteiger partial charge in [0.25, 0.3) is 0 Å². The molecule has 0 saturated heterocycles. The molecule has 1 fully saturated rings. The summed E-state index contributed by atoms with van der Waals surface area (Å²) >= 11 is 2.88. The lowest BCUT2D eigenvalue weighted by Crippen LogP contribution is -2.32. The van der Waals surface area contributed by atoms with Crippen molar-refractivity contribution < 1.29 is 4.79 Å². The molecule has 0 aliphatic heterocycles. The van der Waals surface area contributed by atoms with Gasteiger partial charge in [-0.2, -0.15) is 0 Å². The number of thiazole rings is 1. The lowest BCUT2D eigenvalue weighted by molar-refractivity contribution is -0.116. The quantitative estimate of drug-likeness (QED) is 0.248. The second-order valence-electron chi connectivity index (χ2n) is 7.61. The second-order valence-corrected chi connectivity index (χ2v) is 9.39. The van der Waals surface area contributed by atoms with E-state index in [1.165, 1.54) is 23.1 Å². The maximum absolute atomic E-state index is 13.2. The number of pyridine rings is 1. The molecular weight excluding hydrogens is 452 g/mol. The van der Waals surface area contributed by atoms with Crippen LogP contribution in [0.4, 0.5) is 5.13 Å². The van der Waals surface area contributed by atoms with Crippen molar-refractivity contribution in [3.05, 3.63) is 72.9 Å². The maximum atomic E-state index is 13.2. The number of benzene rings is 1. The van der Waals surface area contributed by atoms with Crippen LogP contribution in [0.2, 0.25) is 0 Å². The largest absolute Gasteiger partial charge is 0.299 e. The normalized spacial score (nSPS) is 13.1. The summed E-state index contributed by atoms with van der Waals surface area (Å²) in [6.07, 6.45) is 7.43. The molecule has 166 valence electrons. The fraction of sp³-hybridized carbons (Fsp3) is 0.208. The molecule has 1 saturated carbocycles. The Morgan fingerprint density at radius 2 is 1.94 bits per heavy atom. The van der Waals surface area contributed by atoms with Crippen molar-refractivity contribution in [2.45, 2.75) is 24.0 Å². The van der Waals surface area contributed by atoms with E-state index in [9.17, 15) is 4.79 Å². The van der Waals surface area contributed by atoms with Crippen molar-refractivity contribution in [2.75, 3.05) is 17.2 Å². The number of anilines is 1. The van der Waals surface area contributed by atoms with Crippen molar-refractivity contribution in [1.82, 2.24) is 24.7 Å². The Hall–Kier alpha value is -3.30. The summed E-state index contributed by atoms with van der Waals surface area (Å²) in [6.45, 7) is 4.22.